The summed E-state index contributed by atoms with van der Waals surface area (Å²) in [5.41, 5.74) is -0.664. The number of likely N-dealkylation sites (tertiary alicyclic amines) is 1. The van der Waals surface area contributed by atoms with Crippen molar-refractivity contribution in [1.82, 2.24) is 36.1 Å². The third-order valence-electron chi connectivity index (χ3n) is 10.1. The van der Waals surface area contributed by atoms with Crippen LogP contribution >= 0.6 is 23.5 Å². The minimum Gasteiger partial charge on any atom is -0.347 e. The number of hydrogen-bond donors (Lipinski definition) is 4. The van der Waals surface area contributed by atoms with E-state index in [1.54, 1.807) is 28.4 Å². The van der Waals surface area contributed by atoms with Gasteiger partial charge in [0.05, 0.1) is 16.3 Å². The van der Waals surface area contributed by atoms with Crippen molar-refractivity contribution in [3.63, 3.8) is 0 Å². The summed E-state index contributed by atoms with van der Waals surface area (Å²) in [5, 5.41) is 11.5. The van der Waals surface area contributed by atoms with E-state index in [4.69, 9.17) is 0 Å². The Hall–Kier alpha value is -3.20. The van der Waals surface area contributed by atoms with E-state index in [0.717, 1.165) is 62.9 Å². The number of aromatic nitrogens is 2. The normalized spacial score (nSPS) is 22.4. The third-order valence-corrected chi connectivity index (χ3v) is 13.5. The first kappa shape index (κ1) is 39.0. The fourth-order valence-corrected chi connectivity index (χ4v) is 10.5. The summed E-state index contributed by atoms with van der Waals surface area (Å²) >= 11 is 3.49. The van der Waals surface area contributed by atoms with Gasteiger partial charge in [-0.2, -0.15) is 0 Å². The predicted octanol–water partition coefficient (Wildman–Crippen LogP) is 2.99. The molecule has 5 rings (SSSR count). The molecule has 1 spiro atoms. The van der Waals surface area contributed by atoms with Gasteiger partial charge in [0.25, 0.3) is 11.8 Å². The number of nitrogens with zero attached hydrogens (tertiary/aromatic N) is 3. The van der Waals surface area contributed by atoms with Crippen LogP contribution in [0.5, 0.6) is 0 Å². The molecule has 4 atom stereocenters. The number of carbonyl (C=O) groups excluding carboxylic acids is 6. The maximum atomic E-state index is 14.8. The van der Waals surface area contributed by atoms with Crippen LogP contribution in [-0.4, -0.2) is 103 Å². The first-order valence-electron chi connectivity index (χ1n) is 18.4. The van der Waals surface area contributed by atoms with Crippen LogP contribution in [0.25, 0.3) is 0 Å². The van der Waals surface area contributed by atoms with E-state index >= 15 is 0 Å². The summed E-state index contributed by atoms with van der Waals surface area (Å²) in [6.45, 7) is 7.77. The van der Waals surface area contributed by atoms with Gasteiger partial charge in [-0.25, -0.2) is 4.98 Å². The molecule has 4 fully saturated rings. The Morgan fingerprint density at radius 3 is 2.25 bits per heavy atom. The molecule has 2 aliphatic heterocycles. The molecule has 15 heteroatoms. The Bertz CT molecular complexity index is 1440. The molecule has 5 amide bonds. The zero-order valence-electron chi connectivity index (χ0n) is 30.2. The van der Waals surface area contributed by atoms with Gasteiger partial charge in [-0.1, -0.05) is 53.4 Å². The number of rotatable bonds is 13. The molecule has 4 N–H and O–H groups in total. The minimum absolute atomic E-state index is 0.00479. The molecule has 2 saturated heterocycles. The Morgan fingerprint density at radius 1 is 0.941 bits per heavy atom. The van der Waals surface area contributed by atoms with Gasteiger partial charge in [0.15, 0.2) is 0 Å². The molecule has 13 nitrogen and oxygen atoms in total. The molecule has 0 aromatic carbocycles. The highest BCUT2D eigenvalue weighted by Crippen LogP contribution is 2.50. The second-order valence-corrected chi connectivity index (χ2v) is 18.6. The largest absolute Gasteiger partial charge is 0.347 e. The summed E-state index contributed by atoms with van der Waals surface area (Å²) in [5.74, 6) is -1.55. The molecule has 1 unspecified atom stereocenters. The van der Waals surface area contributed by atoms with Gasteiger partial charge in [-0.05, 0) is 61.4 Å². The van der Waals surface area contributed by atoms with E-state index in [1.165, 1.54) is 18.6 Å². The SMILES string of the molecule is CCC[C@H](NC(=O)[C@@H]1CC2(CN1C(=O)[C@@H](NC(=O)C(NC(=O)c1cnccn1)C1CCCCC1)C(C)(C)C)SCCCS2)C(=O)C(=O)NC1CC1. The fourth-order valence-electron chi connectivity index (χ4n) is 7.14. The van der Waals surface area contributed by atoms with Gasteiger partial charge in [0.1, 0.15) is 23.8 Å². The number of hydrogen-bond acceptors (Lipinski definition) is 10. The summed E-state index contributed by atoms with van der Waals surface area (Å²) in [4.78, 5) is 91.9. The predicted molar refractivity (Wildman–Crippen MR) is 197 cm³/mol. The lowest BCUT2D eigenvalue weighted by molar-refractivity contribution is -0.145. The zero-order valence-corrected chi connectivity index (χ0v) is 31.8. The maximum Gasteiger partial charge on any atom is 0.289 e. The second-order valence-electron chi connectivity index (χ2n) is 15.4. The molecule has 0 bridgehead atoms. The molecule has 1 aromatic heterocycles. The van der Waals surface area contributed by atoms with Crippen LogP contribution in [0.2, 0.25) is 0 Å². The molecule has 280 valence electrons. The number of ketones is 1. The molecular formula is C36H53N7O6S2. The van der Waals surface area contributed by atoms with Crippen molar-refractivity contribution in [3.05, 3.63) is 24.3 Å². The van der Waals surface area contributed by atoms with Gasteiger partial charge in [0, 0.05) is 31.4 Å². The molecule has 51 heavy (non-hydrogen) atoms. The van der Waals surface area contributed by atoms with Crippen LogP contribution in [0.1, 0.15) is 109 Å². The van der Waals surface area contributed by atoms with Crippen molar-refractivity contribution in [2.75, 3.05) is 18.1 Å². The topological polar surface area (TPSA) is 180 Å². The number of carbonyl (C=O) groups is 6. The molecule has 1 aromatic rings. The lowest BCUT2D eigenvalue weighted by Crippen LogP contribution is -2.62. The van der Waals surface area contributed by atoms with Crippen LogP contribution in [-0.2, 0) is 24.0 Å². The van der Waals surface area contributed by atoms with E-state index in [-0.39, 0.29) is 17.7 Å². The van der Waals surface area contributed by atoms with Crippen molar-refractivity contribution in [2.45, 2.75) is 133 Å². The Balaban J connectivity index is 1.38. The standard InChI is InChI=1S/C36H53N7O6S2/c1-5-10-24(28(44)33(48)39-23-13-14-23)40-31(46)26-19-36(50-17-9-18-51-36)21-43(26)34(49)29(35(2,3)4)42-32(47)27(22-11-7-6-8-12-22)41-30(45)25-20-37-15-16-38-25/h15-16,20,22-24,26-27,29H,5-14,17-19,21H2,1-4H3,(H,39,48)(H,40,46)(H,41,45)(H,42,47)/t24-,26-,27?,29+/m0/s1. The lowest BCUT2D eigenvalue weighted by Gasteiger charge is -2.38. The highest BCUT2D eigenvalue weighted by Gasteiger charge is 2.53. The van der Waals surface area contributed by atoms with Gasteiger partial charge < -0.3 is 26.2 Å². The van der Waals surface area contributed by atoms with E-state index in [2.05, 4.69) is 31.2 Å². The first-order valence-corrected chi connectivity index (χ1v) is 20.4. The van der Waals surface area contributed by atoms with E-state index in [1.807, 2.05) is 27.7 Å². The van der Waals surface area contributed by atoms with E-state index in [0.29, 0.717) is 25.8 Å². The Kier molecular flexibility index (Phi) is 13.1. The fraction of sp³-hybridized carbons (Fsp3) is 0.722. The van der Waals surface area contributed by atoms with Crippen molar-refractivity contribution >= 4 is 58.8 Å². The highest BCUT2D eigenvalue weighted by molar-refractivity contribution is 8.18. The van der Waals surface area contributed by atoms with E-state index < -0.39 is 69.0 Å². The molecule has 2 saturated carbocycles. The van der Waals surface area contributed by atoms with Gasteiger partial charge in [-0.3, -0.25) is 33.8 Å². The third kappa shape index (κ3) is 10.0. The van der Waals surface area contributed by atoms with Crippen LogP contribution in [0.3, 0.4) is 0 Å². The second kappa shape index (κ2) is 17.1. The van der Waals surface area contributed by atoms with Crippen molar-refractivity contribution in [2.24, 2.45) is 11.3 Å². The van der Waals surface area contributed by atoms with Gasteiger partial charge in [-0.15, -0.1) is 23.5 Å². The summed E-state index contributed by atoms with van der Waals surface area (Å²) in [7, 11) is 0. The number of thioether (sulfide) groups is 2. The Morgan fingerprint density at radius 2 is 1.65 bits per heavy atom. The van der Waals surface area contributed by atoms with Crippen molar-refractivity contribution < 1.29 is 28.8 Å². The van der Waals surface area contributed by atoms with Crippen LogP contribution in [0.15, 0.2) is 18.6 Å². The quantitative estimate of drug-likeness (QED) is 0.220. The molecule has 4 aliphatic rings. The average molecular weight is 744 g/mol. The summed E-state index contributed by atoms with van der Waals surface area (Å²) in [6.07, 6.45) is 12.6. The van der Waals surface area contributed by atoms with Crippen molar-refractivity contribution in [1.29, 1.82) is 0 Å². The maximum absolute atomic E-state index is 14.8. The Labute approximate surface area is 309 Å². The van der Waals surface area contributed by atoms with Crippen molar-refractivity contribution in [3.8, 4) is 0 Å². The summed E-state index contributed by atoms with van der Waals surface area (Å²) < 4.78 is -0.411. The number of Topliss-reactive ketones (excluding diaryl/α,β-unsaturated/α-hetero) is 1. The molecule has 2 aliphatic carbocycles. The van der Waals surface area contributed by atoms with Gasteiger partial charge >= 0.3 is 0 Å². The minimum atomic E-state index is -1.02. The highest BCUT2D eigenvalue weighted by atomic mass is 32.2. The molecular weight excluding hydrogens is 691 g/mol. The zero-order chi connectivity index (χ0) is 36.8. The number of nitrogens with one attached hydrogen (secondary N) is 4. The average Bonchev–Trinajstić information content (AvgIpc) is 3.87. The molecule has 0 radical (unpaired) electrons. The first-order chi connectivity index (χ1) is 24.3. The number of amides is 5. The monoisotopic (exact) mass is 743 g/mol. The van der Waals surface area contributed by atoms with Crippen LogP contribution < -0.4 is 21.3 Å². The smallest absolute Gasteiger partial charge is 0.289 e. The van der Waals surface area contributed by atoms with Crippen LogP contribution in [0.4, 0.5) is 0 Å². The van der Waals surface area contributed by atoms with Gasteiger partial charge in [0.2, 0.25) is 23.5 Å². The summed E-state index contributed by atoms with van der Waals surface area (Å²) in [6, 6.07) is -3.82. The lowest BCUT2D eigenvalue weighted by atomic mass is 9.82. The van der Waals surface area contributed by atoms with E-state index in [9.17, 15) is 28.8 Å². The van der Waals surface area contributed by atoms with Crippen LogP contribution in [0, 0.1) is 11.3 Å². The molecule has 3 heterocycles.